The smallest absolute Gasteiger partial charge is 0.274 e. The van der Waals surface area contributed by atoms with Crippen molar-refractivity contribution < 1.29 is 4.79 Å². The van der Waals surface area contributed by atoms with Crippen molar-refractivity contribution in [2.75, 3.05) is 4.90 Å². The number of anilines is 2. The minimum Gasteiger partial charge on any atom is -0.276 e. The zero-order chi connectivity index (χ0) is 19.0. The Labute approximate surface area is 167 Å². The quantitative estimate of drug-likeness (QED) is 0.363. The molecule has 4 heteroatoms. The van der Waals surface area contributed by atoms with Gasteiger partial charge in [-0.1, -0.05) is 59.6 Å². The molecule has 0 saturated heterocycles. The fourth-order valence-electron chi connectivity index (χ4n) is 3.10. The molecule has 0 bridgehead atoms. The van der Waals surface area contributed by atoms with E-state index in [-0.39, 0.29) is 5.91 Å². The van der Waals surface area contributed by atoms with Crippen LogP contribution in [-0.4, -0.2) is 5.91 Å². The maximum Gasteiger partial charge on any atom is 0.274 e. The van der Waals surface area contributed by atoms with Gasteiger partial charge >= 0.3 is 0 Å². The van der Waals surface area contributed by atoms with E-state index in [1.165, 1.54) is 11.3 Å². The van der Waals surface area contributed by atoms with Crippen molar-refractivity contribution in [1.29, 1.82) is 0 Å². The summed E-state index contributed by atoms with van der Waals surface area (Å²) >= 11 is 8.02. The molecule has 27 heavy (non-hydrogen) atoms. The average Bonchev–Trinajstić information content (AvgIpc) is 3.01. The number of hydrogen-bond acceptors (Lipinski definition) is 2. The van der Waals surface area contributed by atoms with E-state index in [4.69, 9.17) is 11.6 Å². The zero-order valence-corrected chi connectivity index (χ0v) is 16.6. The van der Waals surface area contributed by atoms with Crippen molar-refractivity contribution in [3.05, 3.63) is 93.8 Å². The first-order chi connectivity index (χ1) is 13.0. The number of benzene rings is 3. The standard InChI is InChI=1S/C23H18ClNOS/c1-15-10-12-17(13-11-15)25(18-7-5-6-16(2)14-18)23(26)22-21(24)19-8-3-4-9-20(19)27-22/h3-14H,1-2H3. The highest BCUT2D eigenvalue weighted by Crippen LogP contribution is 2.38. The number of aryl methyl sites for hydroxylation is 2. The molecule has 0 aliphatic heterocycles. The molecule has 1 amide bonds. The summed E-state index contributed by atoms with van der Waals surface area (Å²) < 4.78 is 1.01. The summed E-state index contributed by atoms with van der Waals surface area (Å²) in [6, 6.07) is 23.8. The van der Waals surface area contributed by atoms with E-state index < -0.39 is 0 Å². The molecule has 0 aliphatic rings. The van der Waals surface area contributed by atoms with Crippen LogP contribution in [0.1, 0.15) is 20.8 Å². The summed E-state index contributed by atoms with van der Waals surface area (Å²) in [6.07, 6.45) is 0. The first-order valence-electron chi connectivity index (χ1n) is 8.69. The van der Waals surface area contributed by atoms with Crippen LogP contribution in [-0.2, 0) is 0 Å². The summed E-state index contributed by atoms with van der Waals surface area (Å²) in [5, 5.41) is 1.44. The minimum atomic E-state index is -0.115. The largest absolute Gasteiger partial charge is 0.276 e. The van der Waals surface area contributed by atoms with Gasteiger partial charge in [-0.25, -0.2) is 0 Å². The second-order valence-electron chi connectivity index (χ2n) is 6.56. The Morgan fingerprint density at radius 3 is 2.30 bits per heavy atom. The maximum atomic E-state index is 13.6. The lowest BCUT2D eigenvalue weighted by molar-refractivity contribution is 0.100. The number of carbonyl (C=O) groups excluding carboxylic acids is 1. The highest BCUT2D eigenvalue weighted by Gasteiger charge is 2.25. The maximum absolute atomic E-state index is 13.6. The van der Waals surface area contributed by atoms with Crippen LogP contribution in [0.15, 0.2) is 72.8 Å². The molecule has 2 nitrogen and oxygen atoms in total. The zero-order valence-electron chi connectivity index (χ0n) is 15.1. The van der Waals surface area contributed by atoms with Crippen molar-refractivity contribution >= 4 is 50.3 Å². The van der Waals surface area contributed by atoms with Crippen LogP contribution in [0.3, 0.4) is 0 Å². The third kappa shape index (κ3) is 3.36. The van der Waals surface area contributed by atoms with E-state index in [0.717, 1.165) is 32.6 Å². The van der Waals surface area contributed by atoms with Gasteiger partial charge in [0.15, 0.2) is 0 Å². The molecular formula is C23H18ClNOS. The number of rotatable bonds is 3. The Morgan fingerprint density at radius 2 is 1.59 bits per heavy atom. The minimum absolute atomic E-state index is 0.115. The Balaban J connectivity index is 1.88. The molecule has 4 aromatic rings. The first-order valence-corrected chi connectivity index (χ1v) is 9.89. The first kappa shape index (κ1) is 17.8. The lowest BCUT2D eigenvalue weighted by atomic mass is 10.1. The van der Waals surface area contributed by atoms with Crippen LogP contribution in [0.25, 0.3) is 10.1 Å². The highest BCUT2D eigenvalue weighted by atomic mass is 35.5. The van der Waals surface area contributed by atoms with Crippen LogP contribution in [0.2, 0.25) is 5.02 Å². The summed E-state index contributed by atoms with van der Waals surface area (Å²) in [6.45, 7) is 4.05. The lowest BCUT2D eigenvalue weighted by Crippen LogP contribution is -2.25. The molecule has 0 atom stereocenters. The molecule has 0 saturated carbocycles. The van der Waals surface area contributed by atoms with Crippen LogP contribution in [0, 0.1) is 13.8 Å². The van der Waals surface area contributed by atoms with E-state index in [2.05, 4.69) is 0 Å². The van der Waals surface area contributed by atoms with Crippen molar-refractivity contribution in [2.24, 2.45) is 0 Å². The predicted octanol–water partition coefficient (Wildman–Crippen LogP) is 7.15. The molecular weight excluding hydrogens is 374 g/mol. The molecule has 0 spiro atoms. The van der Waals surface area contributed by atoms with Gasteiger partial charge in [0, 0.05) is 21.5 Å². The monoisotopic (exact) mass is 391 g/mol. The molecule has 0 radical (unpaired) electrons. The number of halogens is 1. The number of amides is 1. The van der Waals surface area contributed by atoms with E-state index in [9.17, 15) is 4.79 Å². The molecule has 1 heterocycles. The van der Waals surface area contributed by atoms with Crippen LogP contribution in [0.5, 0.6) is 0 Å². The van der Waals surface area contributed by atoms with Gasteiger partial charge in [-0.2, -0.15) is 0 Å². The van der Waals surface area contributed by atoms with Gasteiger partial charge in [-0.3, -0.25) is 9.69 Å². The SMILES string of the molecule is Cc1ccc(N(C(=O)c2sc3ccccc3c2Cl)c2cccc(C)c2)cc1. The van der Waals surface area contributed by atoms with Gasteiger partial charge in [-0.05, 0) is 49.7 Å². The van der Waals surface area contributed by atoms with Gasteiger partial charge in [0.1, 0.15) is 4.88 Å². The molecule has 134 valence electrons. The van der Waals surface area contributed by atoms with Crippen molar-refractivity contribution in [3.63, 3.8) is 0 Å². The van der Waals surface area contributed by atoms with E-state index in [1.807, 2.05) is 86.6 Å². The Bertz CT molecular complexity index is 1130. The summed E-state index contributed by atoms with van der Waals surface area (Å²) in [7, 11) is 0. The normalized spacial score (nSPS) is 10.9. The van der Waals surface area contributed by atoms with Gasteiger partial charge in [0.25, 0.3) is 5.91 Å². The average molecular weight is 392 g/mol. The molecule has 0 N–H and O–H groups in total. The fraction of sp³-hybridized carbons (Fsp3) is 0.0870. The summed E-state index contributed by atoms with van der Waals surface area (Å²) in [4.78, 5) is 15.9. The molecule has 3 aromatic carbocycles. The van der Waals surface area contributed by atoms with E-state index in [0.29, 0.717) is 9.90 Å². The number of nitrogens with zero attached hydrogens (tertiary/aromatic N) is 1. The predicted molar refractivity (Wildman–Crippen MR) is 116 cm³/mol. The molecule has 0 unspecified atom stereocenters. The third-order valence-corrected chi connectivity index (χ3v) is 6.15. The fourth-order valence-corrected chi connectivity index (χ4v) is 4.54. The Kier molecular flexibility index (Phi) is 4.73. The Hall–Kier alpha value is -2.62. The van der Waals surface area contributed by atoms with Gasteiger partial charge < -0.3 is 0 Å². The molecule has 0 aliphatic carbocycles. The second kappa shape index (κ2) is 7.18. The van der Waals surface area contributed by atoms with Crippen molar-refractivity contribution in [1.82, 2.24) is 0 Å². The van der Waals surface area contributed by atoms with Crippen LogP contribution in [0.4, 0.5) is 11.4 Å². The topological polar surface area (TPSA) is 20.3 Å². The Morgan fingerprint density at radius 1 is 0.852 bits per heavy atom. The number of fused-ring (bicyclic) bond motifs is 1. The molecule has 0 fully saturated rings. The van der Waals surface area contributed by atoms with E-state index >= 15 is 0 Å². The summed E-state index contributed by atoms with van der Waals surface area (Å²) in [5.74, 6) is -0.115. The van der Waals surface area contributed by atoms with Crippen LogP contribution < -0.4 is 4.90 Å². The van der Waals surface area contributed by atoms with E-state index in [1.54, 1.807) is 4.90 Å². The summed E-state index contributed by atoms with van der Waals surface area (Å²) in [5.41, 5.74) is 3.90. The molecule has 4 rings (SSSR count). The van der Waals surface area contributed by atoms with Gasteiger partial charge in [-0.15, -0.1) is 11.3 Å². The third-order valence-electron chi connectivity index (χ3n) is 4.48. The second-order valence-corrected chi connectivity index (χ2v) is 7.99. The number of hydrogen-bond donors (Lipinski definition) is 0. The number of carbonyl (C=O) groups is 1. The lowest BCUT2D eigenvalue weighted by Gasteiger charge is -2.23. The van der Waals surface area contributed by atoms with Crippen LogP contribution >= 0.6 is 22.9 Å². The van der Waals surface area contributed by atoms with Gasteiger partial charge in [0.2, 0.25) is 0 Å². The molecule has 1 aromatic heterocycles. The van der Waals surface area contributed by atoms with Crippen molar-refractivity contribution in [3.8, 4) is 0 Å². The highest BCUT2D eigenvalue weighted by molar-refractivity contribution is 7.21. The van der Waals surface area contributed by atoms with Gasteiger partial charge in [0.05, 0.1) is 5.02 Å². The van der Waals surface area contributed by atoms with Crippen molar-refractivity contribution in [2.45, 2.75) is 13.8 Å². The number of thiophene rings is 1.